The first kappa shape index (κ1) is 25.1. The number of ether oxygens (including phenoxy) is 5. The lowest BCUT2D eigenvalue weighted by Crippen LogP contribution is -2.65. The Hall–Kier alpha value is -1.92. The molecule has 1 rings (SSSR count). The van der Waals surface area contributed by atoms with Crippen LogP contribution in [0.25, 0.3) is 0 Å². The van der Waals surface area contributed by atoms with Crippen LogP contribution in [0.5, 0.6) is 0 Å². The monoisotopic (exact) mass is 451 g/mol. The first-order chi connectivity index (χ1) is 13.5. The summed E-state index contributed by atoms with van der Waals surface area (Å²) in [5.41, 5.74) is -0.866. The number of hydrogen-bond donors (Lipinski definition) is 1. The lowest BCUT2D eigenvalue weighted by Gasteiger charge is -2.44. The normalized spacial score (nSPS) is 26.0. The highest BCUT2D eigenvalue weighted by Gasteiger charge is 2.51. The Labute approximate surface area is 178 Å². The zero-order valence-corrected chi connectivity index (χ0v) is 18.4. The Bertz CT molecular complexity index is 642. The molecule has 0 aromatic rings. The van der Waals surface area contributed by atoms with E-state index in [1.807, 2.05) is 0 Å². The third kappa shape index (κ3) is 8.54. The SMILES string of the molecule is CCOC(=S)S[C@H]1OC(COC(C)=O)[C@H](OC(C)=O)[C@@H](OC(C)=O)C1NC(C)=O. The summed E-state index contributed by atoms with van der Waals surface area (Å²) >= 11 is 6.13. The minimum Gasteiger partial charge on any atom is -0.479 e. The largest absolute Gasteiger partial charge is 0.479 e. The van der Waals surface area contributed by atoms with Gasteiger partial charge < -0.3 is 29.0 Å². The number of amides is 1. The smallest absolute Gasteiger partial charge is 0.303 e. The average molecular weight is 452 g/mol. The fourth-order valence-corrected chi connectivity index (χ4v) is 3.98. The maximum atomic E-state index is 11.8. The second-order valence-corrected chi connectivity index (χ2v) is 7.72. The lowest BCUT2D eigenvalue weighted by atomic mass is 9.97. The molecule has 12 heteroatoms. The molecule has 1 saturated heterocycles. The molecule has 5 atom stereocenters. The minimum atomic E-state index is -1.13. The highest BCUT2D eigenvalue weighted by atomic mass is 32.2. The number of thioether (sulfide) groups is 1. The van der Waals surface area contributed by atoms with Crippen molar-refractivity contribution in [3.8, 4) is 0 Å². The van der Waals surface area contributed by atoms with Crippen molar-refractivity contribution in [1.29, 1.82) is 0 Å². The quantitative estimate of drug-likeness (QED) is 0.334. The fourth-order valence-electron chi connectivity index (χ4n) is 2.64. The predicted molar refractivity (Wildman–Crippen MR) is 106 cm³/mol. The molecule has 1 amide bonds. The topological polar surface area (TPSA) is 126 Å². The summed E-state index contributed by atoms with van der Waals surface area (Å²) in [5.74, 6) is -2.33. The van der Waals surface area contributed by atoms with Crippen molar-refractivity contribution in [2.75, 3.05) is 13.2 Å². The number of esters is 3. The number of carbonyl (C=O) groups is 4. The zero-order valence-electron chi connectivity index (χ0n) is 16.8. The van der Waals surface area contributed by atoms with Crippen LogP contribution in [0.15, 0.2) is 0 Å². The maximum Gasteiger partial charge on any atom is 0.303 e. The Morgan fingerprint density at radius 1 is 0.966 bits per heavy atom. The van der Waals surface area contributed by atoms with Gasteiger partial charge in [-0.1, -0.05) is 0 Å². The molecular weight excluding hydrogens is 426 g/mol. The van der Waals surface area contributed by atoms with Crippen molar-refractivity contribution in [2.45, 2.75) is 64.4 Å². The van der Waals surface area contributed by atoms with Gasteiger partial charge >= 0.3 is 17.9 Å². The van der Waals surface area contributed by atoms with Crippen LogP contribution in [0.3, 0.4) is 0 Å². The summed E-state index contributed by atoms with van der Waals surface area (Å²) in [4.78, 5) is 46.4. The Balaban J connectivity index is 3.29. The van der Waals surface area contributed by atoms with Crippen LogP contribution in [-0.2, 0) is 42.9 Å². The molecule has 10 nitrogen and oxygen atoms in total. The van der Waals surface area contributed by atoms with Gasteiger partial charge in [-0.3, -0.25) is 19.2 Å². The van der Waals surface area contributed by atoms with Gasteiger partial charge in [0.05, 0.1) is 6.61 Å². The predicted octanol–water partition coefficient (Wildman–Crippen LogP) is 0.697. The standard InChI is InChI=1S/C17H25NO9S2/c1-6-23-17(28)29-16-13(18-8(2)19)15(26-11(5)22)14(25-10(4)21)12(27-16)7-24-9(3)20/h12-16H,6-7H2,1-5H3,(H,18,19)/t12?,13?,14-,15-,16+/m0/s1. The van der Waals surface area contributed by atoms with Crippen LogP contribution < -0.4 is 5.32 Å². The number of hydrogen-bond acceptors (Lipinski definition) is 11. The molecule has 0 saturated carbocycles. The first-order valence-electron chi connectivity index (χ1n) is 8.78. The summed E-state index contributed by atoms with van der Waals surface area (Å²) < 4.78 is 27.0. The molecule has 0 radical (unpaired) electrons. The van der Waals surface area contributed by atoms with Crippen LogP contribution in [0, 0.1) is 0 Å². The van der Waals surface area contributed by atoms with Gasteiger partial charge in [-0.15, -0.1) is 0 Å². The highest BCUT2D eigenvalue weighted by molar-refractivity contribution is 8.22. The third-order valence-corrected chi connectivity index (χ3v) is 4.90. The molecular formula is C17H25NO9S2. The molecule has 29 heavy (non-hydrogen) atoms. The van der Waals surface area contributed by atoms with E-state index in [1.165, 1.54) is 27.7 Å². The molecule has 1 aliphatic rings. The third-order valence-electron chi connectivity index (χ3n) is 3.55. The fraction of sp³-hybridized carbons (Fsp3) is 0.706. The van der Waals surface area contributed by atoms with Gasteiger partial charge in [0.25, 0.3) is 0 Å². The van der Waals surface area contributed by atoms with Gasteiger partial charge in [-0.2, -0.15) is 0 Å². The molecule has 0 spiro atoms. The van der Waals surface area contributed by atoms with Gasteiger partial charge in [0.1, 0.15) is 24.2 Å². The van der Waals surface area contributed by atoms with E-state index >= 15 is 0 Å². The molecule has 0 bridgehead atoms. The molecule has 1 heterocycles. The number of thiocarbonyl (C=S) groups is 1. The van der Waals surface area contributed by atoms with E-state index in [1.54, 1.807) is 6.92 Å². The molecule has 1 fully saturated rings. The molecule has 1 N–H and O–H groups in total. The van der Waals surface area contributed by atoms with Crippen LogP contribution in [0.2, 0.25) is 0 Å². The van der Waals surface area contributed by atoms with Crippen molar-refractivity contribution in [3.05, 3.63) is 0 Å². The molecule has 0 aromatic carbocycles. The second-order valence-electron chi connectivity index (χ2n) is 6.02. The van der Waals surface area contributed by atoms with Crippen molar-refractivity contribution >= 4 is 52.2 Å². The van der Waals surface area contributed by atoms with E-state index in [4.69, 9.17) is 35.9 Å². The summed E-state index contributed by atoms with van der Waals surface area (Å²) in [5, 5.41) is 2.65. The maximum absolute atomic E-state index is 11.8. The Morgan fingerprint density at radius 2 is 1.55 bits per heavy atom. The van der Waals surface area contributed by atoms with Crippen molar-refractivity contribution in [2.24, 2.45) is 0 Å². The van der Waals surface area contributed by atoms with Crippen molar-refractivity contribution < 1.29 is 42.9 Å². The molecule has 0 aliphatic carbocycles. The molecule has 1 aliphatic heterocycles. The van der Waals surface area contributed by atoms with Gasteiger partial charge in [0.15, 0.2) is 12.2 Å². The number of nitrogens with one attached hydrogen (secondary N) is 1. The van der Waals surface area contributed by atoms with E-state index in [0.717, 1.165) is 11.8 Å². The molecule has 2 unspecified atom stereocenters. The molecule has 164 valence electrons. The summed E-state index contributed by atoms with van der Waals surface area (Å²) in [6, 6.07) is -0.919. The van der Waals surface area contributed by atoms with E-state index in [0.29, 0.717) is 6.61 Å². The van der Waals surface area contributed by atoms with Crippen LogP contribution >= 0.6 is 24.0 Å². The average Bonchev–Trinajstić information content (AvgIpc) is 2.57. The summed E-state index contributed by atoms with van der Waals surface area (Å²) in [6.07, 6.45) is -3.22. The van der Waals surface area contributed by atoms with Crippen molar-refractivity contribution in [1.82, 2.24) is 5.32 Å². The first-order valence-corrected chi connectivity index (χ1v) is 10.1. The van der Waals surface area contributed by atoms with E-state index in [9.17, 15) is 19.2 Å². The number of rotatable bonds is 7. The highest BCUT2D eigenvalue weighted by Crippen LogP contribution is 2.33. The molecule has 0 aromatic heterocycles. The van der Waals surface area contributed by atoms with Crippen LogP contribution in [-0.4, -0.2) is 71.2 Å². The lowest BCUT2D eigenvalue weighted by molar-refractivity contribution is -0.211. The van der Waals surface area contributed by atoms with Gasteiger partial charge in [-0.05, 0) is 30.9 Å². The van der Waals surface area contributed by atoms with E-state index in [-0.39, 0.29) is 11.0 Å². The van der Waals surface area contributed by atoms with Crippen LogP contribution in [0.4, 0.5) is 0 Å². The number of carbonyl (C=O) groups excluding carboxylic acids is 4. The van der Waals surface area contributed by atoms with Crippen LogP contribution in [0.1, 0.15) is 34.6 Å². The Kier molecular flexibility index (Phi) is 10.3. The van der Waals surface area contributed by atoms with E-state index in [2.05, 4.69) is 5.32 Å². The van der Waals surface area contributed by atoms with Gasteiger partial charge in [-0.25, -0.2) is 0 Å². The van der Waals surface area contributed by atoms with E-state index < -0.39 is 53.6 Å². The van der Waals surface area contributed by atoms with Crippen molar-refractivity contribution in [3.63, 3.8) is 0 Å². The minimum absolute atomic E-state index is 0.145. The second kappa shape index (κ2) is 11.9. The summed E-state index contributed by atoms with van der Waals surface area (Å²) in [6.45, 7) is 6.65. The summed E-state index contributed by atoms with van der Waals surface area (Å²) in [7, 11) is 0. The van der Waals surface area contributed by atoms with Gasteiger partial charge in [0.2, 0.25) is 10.3 Å². The zero-order chi connectivity index (χ0) is 22.1. The Morgan fingerprint density at radius 3 is 2.03 bits per heavy atom. The van der Waals surface area contributed by atoms with Gasteiger partial charge in [0, 0.05) is 27.7 Å².